The molecule has 0 aromatic heterocycles. The first-order valence-electron chi connectivity index (χ1n) is 5.67. The Bertz CT molecular complexity index is 713. The van der Waals surface area contributed by atoms with Crippen LogP contribution < -0.4 is 4.74 Å². The van der Waals surface area contributed by atoms with Crippen molar-refractivity contribution in [1.82, 2.24) is 0 Å². The lowest BCUT2D eigenvalue weighted by Gasteiger charge is -2.09. The van der Waals surface area contributed by atoms with Crippen molar-refractivity contribution in [2.45, 2.75) is 6.36 Å². The minimum Gasteiger partial charge on any atom is -0.406 e. The van der Waals surface area contributed by atoms with Gasteiger partial charge in [0.15, 0.2) is 5.82 Å². The fourth-order valence-corrected chi connectivity index (χ4v) is 1.72. The number of nitro benzene ring substituents is 1. The summed E-state index contributed by atoms with van der Waals surface area (Å²) >= 11 is 0. The maximum absolute atomic E-state index is 13.3. The number of nitrogens with zero attached hydrogens (tertiary/aromatic N) is 1. The monoisotopic (exact) mass is 319 g/mol. The van der Waals surface area contributed by atoms with E-state index < -0.39 is 34.4 Å². The van der Waals surface area contributed by atoms with Gasteiger partial charge in [0, 0.05) is 6.07 Å². The van der Waals surface area contributed by atoms with E-state index in [1.807, 2.05) is 0 Å². The Hall–Kier alpha value is -2.71. The Balaban J connectivity index is 2.38. The second kappa shape index (κ2) is 5.58. The molecule has 0 aliphatic rings. The highest BCUT2D eigenvalue weighted by atomic mass is 19.4. The number of rotatable bonds is 3. The zero-order valence-electron chi connectivity index (χ0n) is 10.5. The van der Waals surface area contributed by atoms with Gasteiger partial charge >= 0.3 is 12.0 Å². The number of hydrogen-bond donors (Lipinski definition) is 0. The minimum atomic E-state index is -4.86. The molecule has 22 heavy (non-hydrogen) atoms. The summed E-state index contributed by atoms with van der Waals surface area (Å²) in [4.78, 5) is 9.53. The average Bonchev–Trinajstić information content (AvgIpc) is 2.40. The zero-order valence-corrected chi connectivity index (χ0v) is 10.5. The molecular formula is C13H6F5NO3. The molecule has 0 N–H and O–H groups in total. The fourth-order valence-electron chi connectivity index (χ4n) is 1.72. The van der Waals surface area contributed by atoms with Crippen LogP contribution in [0.1, 0.15) is 0 Å². The molecule has 116 valence electrons. The van der Waals surface area contributed by atoms with Crippen molar-refractivity contribution >= 4 is 5.69 Å². The third-order valence-electron chi connectivity index (χ3n) is 2.63. The fraction of sp³-hybridized carbons (Fsp3) is 0.0769. The molecule has 0 aliphatic carbocycles. The van der Waals surface area contributed by atoms with Crippen LogP contribution in [0, 0.1) is 21.7 Å². The zero-order chi connectivity index (χ0) is 16.5. The molecule has 0 bridgehead atoms. The van der Waals surface area contributed by atoms with Gasteiger partial charge in [-0.15, -0.1) is 13.2 Å². The lowest BCUT2D eigenvalue weighted by molar-refractivity contribution is -0.387. The topological polar surface area (TPSA) is 52.4 Å². The highest BCUT2D eigenvalue weighted by molar-refractivity contribution is 5.67. The predicted octanol–water partition coefficient (Wildman–Crippen LogP) is 4.44. The minimum absolute atomic E-state index is 0.0517. The summed E-state index contributed by atoms with van der Waals surface area (Å²) in [6, 6.07) is 5.68. The lowest BCUT2D eigenvalue weighted by Crippen LogP contribution is -2.16. The number of hydrogen-bond acceptors (Lipinski definition) is 3. The van der Waals surface area contributed by atoms with Gasteiger partial charge in [-0.25, -0.2) is 4.39 Å². The maximum atomic E-state index is 13.3. The Morgan fingerprint density at radius 1 is 1.00 bits per heavy atom. The van der Waals surface area contributed by atoms with Gasteiger partial charge in [0.1, 0.15) is 5.75 Å². The molecule has 0 amide bonds. The Labute approximate surface area is 119 Å². The van der Waals surface area contributed by atoms with Crippen LogP contribution in [0.2, 0.25) is 0 Å². The first-order chi connectivity index (χ1) is 10.2. The predicted molar refractivity (Wildman–Crippen MR) is 65.1 cm³/mol. The molecule has 0 saturated heterocycles. The van der Waals surface area contributed by atoms with E-state index in [1.54, 1.807) is 0 Å². The van der Waals surface area contributed by atoms with E-state index in [2.05, 4.69) is 4.74 Å². The molecular weight excluding hydrogens is 313 g/mol. The van der Waals surface area contributed by atoms with Crippen molar-refractivity contribution in [3.05, 3.63) is 58.1 Å². The molecule has 0 fully saturated rings. The molecule has 0 radical (unpaired) electrons. The van der Waals surface area contributed by atoms with E-state index in [4.69, 9.17) is 0 Å². The molecule has 2 rings (SSSR count). The van der Waals surface area contributed by atoms with Gasteiger partial charge < -0.3 is 4.74 Å². The SMILES string of the molecule is O=[N+]([O-])c1cc(-c2ccc(OC(F)(F)F)cc2)cc(F)c1F. The van der Waals surface area contributed by atoms with Crippen LogP contribution in [0.25, 0.3) is 11.1 Å². The Kier molecular flexibility index (Phi) is 3.98. The van der Waals surface area contributed by atoms with Crippen molar-refractivity contribution in [2.24, 2.45) is 0 Å². The summed E-state index contributed by atoms with van der Waals surface area (Å²) < 4.78 is 66.3. The summed E-state index contributed by atoms with van der Waals surface area (Å²) in [6.07, 6.45) is -4.86. The maximum Gasteiger partial charge on any atom is 0.573 e. The van der Waals surface area contributed by atoms with Gasteiger partial charge in [0.25, 0.3) is 0 Å². The van der Waals surface area contributed by atoms with Crippen molar-refractivity contribution in [2.75, 3.05) is 0 Å². The van der Waals surface area contributed by atoms with Gasteiger partial charge in [-0.05, 0) is 29.3 Å². The van der Waals surface area contributed by atoms with Crippen LogP contribution in [0.4, 0.5) is 27.6 Å². The van der Waals surface area contributed by atoms with Gasteiger partial charge in [0.05, 0.1) is 4.92 Å². The van der Waals surface area contributed by atoms with E-state index >= 15 is 0 Å². The van der Waals surface area contributed by atoms with Gasteiger partial charge in [-0.1, -0.05) is 12.1 Å². The average molecular weight is 319 g/mol. The quantitative estimate of drug-likeness (QED) is 0.477. The molecule has 0 aliphatic heterocycles. The summed E-state index contributed by atoms with van der Waals surface area (Å²) in [6.45, 7) is 0. The molecule has 9 heteroatoms. The van der Waals surface area contributed by atoms with Crippen molar-refractivity contribution < 1.29 is 31.6 Å². The third kappa shape index (κ3) is 3.48. The highest BCUT2D eigenvalue weighted by Crippen LogP contribution is 2.30. The van der Waals surface area contributed by atoms with Crippen LogP contribution in [0.3, 0.4) is 0 Å². The van der Waals surface area contributed by atoms with E-state index in [0.717, 1.165) is 30.3 Å². The molecule has 2 aromatic carbocycles. The van der Waals surface area contributed by atoms with Crippen LogP contribution >= 0.6 is 0 Å². The molecule has 0 spiro atoms. The largest absolute Gasteiger partial charge is 0.573 e. The van der Waals surface area contributed by atoms with E-state index in [9.17, 15) is 32.1 Å². The number of halogens is 5. The molecule has 2 aromatic rings. The van der Waals surface area contributed by atoms with Crippen molar-refractivity contribution in [3.8, 4) is 16.9 Å². The Morgan fingerprint density at radius 3 is 2.09 bits per heavy atom. The van der Waals surface area contributed by atoms with Gasteiger partial charge in [-0.3, -0.25) is 10.1 Å². The summed E-state index contributed by atoms with van der Waals surface area (Å²) in [5, 5.41) is 10.6. The molecule has 0 unspecified atom stereocenters. The summed E-state index contributed by atoms with van der Waals surface area (Å²) in [7, 11) is 0. The summed E-state index contributed by atoms with van der Waals surface area (Å²) in [5.74, 6) is -3.54. The Morgan fingerprint density at radius 2 is 1.59 bits per heavy atom. The van der Waals surface area contributed by atoms with E-state index in [1.165, 1.54) is 0 Å². The van der Waals surface area contributed by atoms with E-state index in [0.29, 0.717) is 6.07 Å². The molecule has 0 saturated carbocycles. The third-order valence-corrected chi connectivity index (χ3v) is 2.63. The summed E-state index contributed by atoms with van der Waals surface area (Å²) in [5.41, 5.74) is -0.952. The van der Waals surface area contributed by atoms with Crippen LogP contribution in [0.15, 0.2) is 36.4 Å². The normalized spacial score (nSPS) is 11.3. The number of ether oxygens (including phenoxy) is 1. The number of benzene rings is 2. The second-order valence-electron chi connectivity index (χ2n) is 4.12. The lowest BCUT2D eigenvalue weighted by atomic mass is 10.0. The van der Waals surface area contributed by atoms with E-state index in [-0.39, 0.29) is 11.1 Å². The number of nitro groups is 1. The first-order valence-corrected chi connectivity index (χ1v) is 5.67. The van der Waals surface area contributed by atoms with Gasteiger partial charge in [0.2, 0.25) is 5.82 Å². The van der Waals surface area contributed by atoms with Crippen molar-refractivity contribution in [3.63, 3.8) is 0 Å². The smallest absolute Gasteiger partial charge is 0.406 e. The van der Waals surface area contributed by atoms with Crippen molar-refractivity contribution in [1.29, 1.82) is 0 Å². The standard InChI is InChI=1S/C13H6F5NO3/c14-10-5-8(6-11(12(10)15)19(20)21)7-1-3-9(4-2-7)22-13(16,17)18/h1-6H. The van der Waals surface area contributed by atoms with Crippen LogP contribution in [-0.4, -0.2) is 11.3 Å². The van der Waals surface area contributed by atoms with Crippen LogP contribution in [-0.2, 0) is 0 Å². The van der Waals surface area contributed by atoms with Gasteiger partial charge in [-0.2, -0.15) is 4.39 Å². The second-order valence-corrected chi connectivity index (χ2v) is 4.12. The van der Waals surface area contributed by atoms with Crippen LogP contribution in [0.5, 0.6) is 5.75 Å². The number of alkyl halides is 3. The molecule has 0 heterocycles. The first kappa shape index (κ1) is 15.7. The highest BCUT2D eigenvalue weighted by Gasteiger charge is 2.31. The molecule has 0 atom stereocenters. The molecule has 4 nitrogen and oxygen atoms in total.